The van der Waals surface area contributed by atoms with Crippen molar-refractivity contribution in [3.63, 3.8) is 0 Å². The lowest BCUT2D eigenvalue weighted by molar-refractivity contribution is -0.141. The first kappa shape index (κ1) is 20.3. The van der Waals surface area contributed by atoms with Crippen molar-refractivity contribution in [2.24, 2.45) is 0 Å². The van der Waals surface area contributed by atoms with Gasteiger partial charge in [-0.15, -0.1) is 16.4 Å². The Balaban J connectivity index is 1.71. The minimum atomic E-state index is -4.51. The molecule has 5 heterocycles. The molecule has 5 aromatic heterocycles. The van der Waals surface area contributed by atoms with Gasteiger partial charge in [0.2, 0.25) is 0 Å². The number of aryl methyl sites for hydroxylation is 2. The third-order valence-electron chi connectivity index (χ3n) is 5.25. The zero-order valence-electron chi connectivity index (χ0n) is 16.8. The number of nitrogens with zero attached hydrogens (tertiary/aromatic N) is 7. The van der Waals surface area contributed by atoms with Gasteiger partial charge in [0.25, 0.3) is 0 Å². The van der Waals surface area contributed by atoms with E-state index in [0.717, 1.165) is 33.3 Å². The summed E-state index contributed by atoms with van der Waals surface area (Å²) in [6, 6.07) is 0.810. The molecule has 160 valence electrons. The molecule has 0 saturated heterocycles. The number of rotatable bonds is 2. The van der Waals surface area contributed by atoms with Gasteiger partial charge in [-0.25, -0.2) is 19.5 Å². The molecule has 0 aromatic carbocycles. The van der Waals surface area contributed by atoms with Gasteiger partial charge in [-0.2, -0.15) is 18.3 Å². The highest BCUT2D eigenvalue weighted by molar-refractivity contribution is 9.10. The minimum Gasteiger partial charge on any atom is -0.258 e. The zero-order valence-corrected chi connectivity index (χ0v) is 19.2. The van der Waals surface area contributed by atoms with E-state index in [0.29, 0.717) is 32.6 Å². The molecule has 12 heteroatoms. The van der Waals surface area contributed by atoms with Gasteiger partial charge < -0.3 is 0 Å². The van der Waals surface area contributed by atoms with Crippen molar-refractivity contribution in [1.82, 2.24) is 34.3 Å². The highest BCUT2D eigenvalue weighted by atomic mass is 79.9. The predicted octanol–water partition coefficient (Wildman–Crippen LogP) is 5.40. The topological polar surface area (TPSA) is 73.8 Å². The Morgan fingerprint density at radius 3 is 2.52 bits per heavy atom. The maximum absolute atomic E-state index is 13.2. The van der Waals surface area contributed by atoms with Gasteiger partial charge in [-0.3, -0.25) is 4.68 Å². The number of hydrogen-bond donors (Lipinski definition) is 0. The lowest BCUT2D eigenvalue weighted by atomic mass is 10.1. The van der Waals surface area contributed by atoms with Gasteiger partial charge in [-0.1, -0.05) is 0 Å². The molecule has 1 atom stereocenters. The van der Waals surface area contributed by atoms with Crippen molar-refractivity contribution in [3.8, 4) is 0 Å². The maximum atomic E-state index is 13.2. The first-order valence-electron chi connectivity index (χ1n) is 9.29. The van der Waals surface area contributed by atoms with Crippen LogP contribution >= 0.6 is 27.3 Å². The monoisotopic (exact) mass is 509 g/mol. The molecule has 0 radical (unpaired) electrons. The molecule has 0 N–H and O–H groups in total. The van der Waals surface area contributed by atoms with Gasteiger partial charge in [0, 0.05) is 5.39 Å². The summed E-state index contributed by atoms with van der Waals surface area (Å²) in [5.74, 6) is 0.533. The number of alkyl halides is 3. The number of aromatic nitrogens is 7. The Bertz CT molecular complexity index is 1500. The van der Waals surface area contributed by atoms with Crippen molar-refractivity contribution < 1.29 is 13.2 Å². The summed E-state index contributed by atoms with van der Waals surface area (Å²) in [4.78, 5) is 13.3. The SMILES string of the molecule is Cc1nn(C(C)c2nc3c4sc5nc(C(F)(F)F)cc(C)c5c4ncn3n2)c(C)c1Br. The molecule has 5 aromatic rings. The number of hydrogen-bond acceptors (Lipinski definition) is 6. The van der Waals surface area contributed by atoms with E-state index in [-0.39, 0.29) is 10.9 Å². The van der Waals surface area contributed by atoms with Crippen LogP contribution in [-0.4, -0.2) is 34.3 Å². The quantitative estimate of drug-likeness (QED) is 0.318. The van der Waals surface area contributed by atoms with E-state index in [1.807, 2.05) is 25.5 Å². The molecule has 31 heavy (non-hydrogen) atoms. The van der Waals surface area contributed by atoms with E-state index >= 15 is 0 Å². The van der Waals surface area contributed by atoms with Crippen LogP contribution < -0.4 is 0 Å². The molecular formula is C19H15BrF3N7S. The van der Waals surface area contributed by atoms with Gasteiger partial charge in [0.05, 0.1) is 21.4 Å². The molecule has 0 aliphatic carbocycles. The summed E-state index contributed by atoms with van der Waals surface area (Å²) in [5.41, 5.74) is 2.49. The lowest BCUT2D eigenvalue weighted by Crippen LogP contribution is -2.12. The van der Waals surface area contributed by atoms with Crippen LogP contribution in [0.1, 0.15) is 41.4 Å². The fourth-order valence-corrected chi connectivity index (χ4v) is 5.12. The molecule has 0 fully saturated rings. The Labute approximate surface area is 186 Å². The van der Waals surface area contributed by atoms with Crippen LogP contribution in [0.25, 0.3) is 26.1 Å². The zero-order chi connectivity index (χ0) is 22.2. The summed E-state index contributed by atoms with van der Waals surface area (Å²) in [5, 5.41) is 9.70. The smallest absolute Gasteiger partial charge is 0.258 e. The molecule has 0 amide bonds. The molecular weight excluding hydrogens is 495 g/mol. The number of thiophene rings is 1. The van der Waals surface area contributed by atoms with E-state index in [2.05, 4.69) is 41.1 Å². The summed E-state index contributed by atoms with van der Waals surface area (Å²) in [6.07, 6.45) is -2.98. The molecule has 0 bridgehead atoms. The van der Waals surface area contributed by atoms with Crippen LogP contribution in [0.4, 0.5) is 13.2 Å². The van der Waals surface area contributed by atoms with E-state index in [4.69, 9.17) is 0 Å². The van der Waals surface area contributed by atoms with Gasteiger partial charge >= 0.3 is 6.18 Å². The Hall–Kier alpha value is -2.60. The molecule has 0 aliphatic rings. The lowest BCUT2D eigenvalue weighted by Gasteiger charge is -2.10. The number of halogens is 4. The summed E-state index contributed by atoms with van der Waals surface area (Å²) >= 11 is 4.67. The van der Waals surface area contributed by atoms with E-state index in [1.165, 1.54) is 6.33 Å². The molecule has 0 spiro atoms. The standard InChI is InChI=1S/C19H15BrF3N7S/c1-7-5-11(19(21,22)23)25-18-12(7)14-15(31-18)17-26-16(28-29(17)6-24-14)10(4)30-9(3)13(20)8(2)27-30/h5-6,10H,1-4H3. The Morgan fingerprint density at radius 2 is 1.87 bits per heavy atom. The van der Waals surface area contributed by atoms with Crippen LogP contribution in [0.15, 0.2) is 16.9 Å². The Kier molecular flexibility index (Phi) is 4.39. The molecule has 0 aliphatic heterocycles. The van der Waals surface area contributed by atoms with Crippen LogP contribution in [0.2, 0.25) is 0 Å². The van der Waals surface area contributed by atoms with E-state index in [1.54, 1.807) is 11.4 Å². The fraction of sp³-hybridized carbons (Fsp3) is 0.316. The number of pyridine rings is 1. The molecule has 7 nitrogen and oxygen atoms in total. The van der Waals surface area contributed by atoms with Crippen molar-refractivity contribution >= 4 is 53.3 Å². The predicted molar refractivity (Wildman–Crippen MR) is 114 cm³/mol. The van der Waals surface area contributed by atoms with Crippen LogP contribution in [0.3, 0.4) is 0 Å². The first-order valence-corrected chi connectivity index (χ1v) is 10.9. The number of fused-ring (bicyclic) bond motifs is 5. The second-order valence-corrected chi connectivity index (χ2v) is 9.16. The highest BCUT2D eigenvalue weighted by Crippen LogP contribution is 2.38. The second kappa shape index (κ2) is 6.70. The molecule has 0 saturated carbocycles. The van der Waals surface area contributed by atoms with Crippen molar-refractivity contribution in [3.05, 3.63) is 45.3 Å². The average Bonchev–Trinajstić information content (AvgIpc) is 3.36. The van der Waals surface area contributed by atoms with Gasteiger partial charge in [-0.05, 0) is 55.3 Å². The molecule has 1 unspecified atom stereocenters. The third-order valence-corrected chi connectivity index (χ3v) is 7.47. The summed E-state index contributed by atoms with van der Waals surface area (Å²) in [7, 11) is 0. The summed E-state index contributed by atoms with van der Waals surface area (Å²) in [6.45, 7) is 7.44. The minimum absolute atomic E-state index is 0.244. The van der Waals surface area contributed by atoms with Gasteiger partial charge in [0.15, 0.2) is 11.5 Å². The fourth-order valence-electron chi connectivity index (χ4n) is 3.68. The largest absolute Gasteiger partial charge is 0.433 e. The third kappa shape index (κ3) is 3.03. The first-order chi connectivity index (χ1) is 14.6. The van der Waals surface area contributed by atoms with E-state index in [9.17, 15) is 13.2 Å². The van der Waals surface area contributed by atoms with Crippen molar-refractivity contribution in [1.29, 1.82) is 0 Å². The van der Waals surface area contributed by atoms with Crippen LogP contribution in [0, 0.1) is 20.8 Å². The highest BCUT2D eigenvalue weighted by Gasteiger charge is 2.34. The van der Waals surface area contributed by atoms with Crippen LogP contribution in [-0.2, 0) is 6.18 Å². The average molecular weight is 510 g/mol. The normalized spacial score (nSPS) is 13.7. The van der Waals surface area contributed by atoms with Crippen molar-refractivity contribution in [2.45, 2.75) is 39.9 Å². The maximum Gasteiger partial charge on any atom is 0.433 e. The van der Waals surface area contributed by atoms with E-state index < -0.39 is 11.9 Å². The van der Waals surface area contributed by atoms with Crippen molar-refractivity contribution in [2.75, 3.05) is 0 Å². The molecule has 5 rings (SSSR count). The second-order valence-electron chi connectivity index (χ2n) is 7.37. The van der Waals surface area contributed by atoms with Crippen LogP contribution in [0.5, 0.6) is 0 Å². The summed E-state index contributed by atoms with van der Waals surface area (Å²) < 4.78 is 44.6. The van der Waals surface area contributed by atoms with Gasteiger partial charge in [0.1, 0.15) is 27.6 Å². The Morgan fingerprint density at radius 1 is 1.13 bits per heavy atom.